The lowest BCUT2D eigenvalue weighted by Gasteiger charge is -2.34. The lowest BCUT2D eigenvalue weighted by Crippen LogP contribution is -2.38. The highest BCUT2D eigenvalue weighted by atomic mass is 35.5. The topological polar surface area (TPSA) is 26.0 Å². The van der Waals surface area contributed by atoms with E-state index in [0.717, 1.165) is 31.2 Å². The Morgan fingerprint density at radius 1 is 1.20 bits per heavy atom. The smallest absolute Gasteiger partial charge is 0.123 e. The van der Waals surface area contributed by atoms with Crippen molar-refractivity contribution in [3.63, 3.8) is 0 Å². The predicted molar refractivity (Wildman–Crippen MR) is 60.4 cm³/mol. The van der Waals surface area contributed by atoms with E-state index in [1.165, 1.54) is 18.6 Å². The fraction of sp³-hybridized carbons (Fsp3) is 0.500. The zero-order valence-corrected chi connectivity index (χ0v) is 9.36. The molecule has 0 bridgehead atoms. The molecule has 1 nitrogen and oxygen atoms in total. The lowest BCUT2D eigenvalue weighted by atomic mass is 9.77. The van der Waals surface area contributed by atoms with Gasteiger partial charge in [-0.2, -0.15) is 0 Å². The van der Waals surface area contributed by atoms with E-state index in [4.69, 9.17) is 17.3 Å². The van der Waals surface area contributed by atoms with Crippen molar-refractivity contribution in [2.75, 3.05) is 0 Å². The van der Waals surface area contributed by atoms with Crippen molar-refractivity contribution in [2.45, 2.75) is 37.6 Å². The summed E-state index contributed by atoms with van der Waals surface area (Å²) in [5.74, 6) is -0.259. The third kappa shape index (κ3) is 2.16. The van der Waals surface area contributed by atoms with Gasteiger partial charge < -0.3 is 5.73 Å². The van der Waals surface area contributed by atoms with Crippen molar-refractivity contribution < 1.29 is 4.39 Å². The van der Waals surface area contributed by atoms with Crippen LogP contribution in [0.5, 0.6) is 0 Å². The van der Waals surface area contributed by atoms with Gasteiger partial charge in [0.1, 0.15) is 5.82 Å². The lowest BCUT2D eigenvalue weighted by molar-refractivity contribution is 0.301. The largest absolute Gasteiger partial charge is 0.321 e. The second-order valence-corrected chi connectivity index (χ2v) is 4.75. The van der Waals surface area contributed by atoms with Gasteiger partial charge in [0.2, 0.25) is 0 Å². The molecule has 1 aliphatic carbocycles. The molecule has 1 aromatic rings. The molecule has 1 fully saturated rings. The first kappa shape index (κ1) is 10.9. The number of nitrogens with two attached hydrogens (primary N) is 1. The van der Waals surface area contributed by atoms with Crippen LogP contribution < -0.4 is 5.73 Å². The van der Waals surface area contributed by atoms with E-state index in [9.17, 15) is 4.39 Å². The maximum Gasteiger partial charge on any atom is 0.123 e. The fourth-order valence-corrected chi connectivity index (χ4v) is 2.64. The molecule has 82 valence electrons. The van der Waals surface area contributed by atoms with Gasteiger partial charge in [0.05, 0.1) is 0 Å². The Bertz CT molecular complexity index is 359. The van der Waals surface area contributed by atoms with Crippen LogP contribution in [-0.2, 0) is 5.54 Å². The quantitative estimate of drug-likeness (QED) is 0.780. The Morgan fingerprint density at radius 3 is 2.53 bits per heavy atom. The molecule has 2 rings (SSSR count). The van der Waals surface area contributed by atoms with Crippen LogP contribution in [0.1, 0.15) is 37.7 Å². The van der Waals surface area contributed by atoms with Crippen LogP contribution in [0.15, 0.2) is 18.2 Å². The van der Waals surface area contributed by atoms with Crippen molar-refractivity contribution >= 4 is 11.6 Å². The molecular weight excluding hydrogens is 213 g/mol. The van der Waals surface area contributed by atoms with Gasteiger partial charge in [0.15, 0.2) is 0 Å². The Balaban J connectivity index is 2.38. The highest BCUT2D eigenvalue weighted by Crippen LogP contribution is 2.38. The first-order valence-corrected chi connectivity index (χ1v) is 5.74. The van der Waals surface area contributed by atoms with E-state index in [1.54, 1.807) is 6.07 Å². The highest BCUT2D eigenvalue weighted by molar-refractivity contribution is 6.31. The maximum atomic E-state index is 13.2. The van der Waals surface area contributed by atoms with E-state index in [-0.39, 0.29) is 5.82 Å². The second-order valence-electron chi connectivity index (χ2n) is 4.34. The summed E-state index contributed by atoms with van der Waals surface area (Å²) in [5, 5.41) is 0.584. The molecule has 0 spiro atoms. The summed E-state index contributed by atoms with van der Waals surface area (Å²) in [6.45, 7) is 0. The Kier molecular flexibility index (Phi) is 2.98. The second kappa shape index (κ2) is 4.11. The maximum absolute atomic E-state index is 13.2. The monoisotopic (exact) mass is 227 g/mol. The summed E-state index contributed by atoms with van der Waals surface area (Å²) in [4.78, 5) is 0. The van der Waals surface area contributed by atoms with Crippen LogP contribution in [0.25, 0.3) is 0 Å². The van der Waals surface area contributed by atoms with Gasteiger partial charge in [-0.25, -0.2) is 4.39 Å². The predicted octanol–water partition coefficient (Wildman–Crippen LogP) is 3.60. The third-order valence-corrected chi connectivity index (χ3v) is 3.54. The Morgan fingerprint density at radius 2 is 1.87 bits per heavy atom. The molecule has 0 unspecified atom stereocenters. The summed E-state index contributed by atoms with van der Waals surface area (Å²) < 4.78 is 13.2. The SMILES string of the molecule is NC1(c2cc(F)ccc2Cl)CCCCC1. The normalized spacial score (nSPS) is 20.2. The summed E-state index contributed by atoms with van der Waals surface area (Å²) in [7, 11) is 0. The van der Waals surface area contributed by atoms with Gasteiger partial charge in [0, 0.05) is 10.6 Å². The number of halogens is 2. The zero-order valence-electron chi connectivity index (χ0n) is 8.60. The van der Waals surface area contributed by atoms with Gasteiger partial charge >= 0.3 is 0 Å². The number of hydrogen-bond donors (Lipinski definition) is 1. The van der Waals surface area contributed by atoms with Crippen molar-refractivity contribution in [3.05, 3.63) is 34.6 Å². The summed E-state index contributed by atoms with van der Waals surface area (Å²) in [6.07, 6.45) is 5.21. The summed E-state index contributed by atoms with van der Waals surface area (Å²) in [6, 6.07) is 4.45. The van der Waals surface area contributed by atoms with E-state index in [1.807, 2.05) is 0 Å². The molecule has 0 saturated heterocycles. The van der Waals surface area contributed by atoms with E-state index < -0.39 is 5.54 Å². The number of rotatable bonds is 1. The van der Waals surface area contributed by atoms with Crippen LogP contribution in [0.4, 0.5) is 4.39 Å². The van der Waals surface area contributed by atoms with Gasteiger partial charge in [0.25, 0.3) is 0 Å². The number of hydrogen-bond acceptors (Lipinski definition) is 1. The van der Waals surface area contributed by atoms with Gasteiger partial charge in [-0.1, -0.05) is 30.9 Å². The third-order valence-electron chi connectivity index (χ3n) is 3.21. The average Bonchev–Trinajstić information content (AvgIpc) is 2.23. The van der Waals surface area contributed by atoms with Crippen molar-refractivity contribution in [1.82, 2.24) is 0 Å². The molecule has 1 aliphatic rings. The molecule has 0 aromatic heterocycles. The molecule has 15 heavy (non-hydrogen) atoms. The molecule has 0 atom stereocenters. The first-order valence-electron chi connectivity index (χ1n) is 5.36. The van der Waals surface area contributed by atoms with Gasteiger partial charge in [-0.3, -0.25) is 0 Å². The van der Waals surface area contributed by atoms with E-state index >= 15 is 0 Å². The molecule has 0 aliphatic heterocycles. The molecule has 3 heteroatoms. The molecule has 1 saturated carbocycles. The molecule has 2 N–H and O–H groups in total. The molecule has 1 aromatic carbocycles. The Labute approximate surface area is 94.4 Å². The van der Waals surface area contributed by atoms with Crippen molar-refractivity contribution in [3.8, 4) is 0 Å². The minimum absolute atomic E-state index is 0.259. The molecule has 0 heterocycles. The van der Waals surface area contributed by atoms with E-state index in [0.29, 0.717) is 5.02 Å². The molecule has 0 radical (unpaired) electrons. The summed E-state index contributed by atoms with van der Waals surface area (Å²) >= 11 is 6.07. The van der Waals surface area contributed by atoms with Crippen LogP contribution in [0.3, 0.4) is 0 Å². The van der Waals surface area contributed by atoms with E-state index in [2.05, 4.69) is 0 Å². The molecule has 0 amide bonds. The zero-order chi connectivity index (χ0) is 10.9. The van der Waals surface area contributed by atoms with Crippen molar-refractivity contribution in [2.24, 2.45) is 5.73 Å². The molecular formula is C12H15ClFN. The first-order chi connectivity index (χ1) is 7.12. The fourth-order valence-electron chi connectivity index (χ4n) is 2.33. The summed E-state index contributed by atoms with van der Waals surface area (Å²) in [5.41, 5.74) is 6.65. The average molecular weight is 228 g/mol. The standard InChI is InChI=1S/C12H15ClFN/c13-11-5-4-9(14)8-10(11)12(15)6-2-1-3-7-12/h4-5,8H,1-3,6-7,15H2. The minimum atomic E-state index is -0.419. The van der Waals surface area contributed by atoms with Crippen LogP contribution in [0, 0.1) is 5.82 Å². The van der Waals surface area contributed by atoms with Crippen LogP contribution >= 0.6 is 11.6 Å². The van der Waals surface area contributed by atoms with Crippen molar-refractivity contribution in [1.29, 1.82) is 0 Å². The Hall–Kier alpha value is -0.600. The van der Waals surface area contributed by atoms with Gasteiger partial charge in [-0.15, -0.1) is 0 Å². The highest BCUT2D eigenvalue weighted by Gasteiger charge is 2.31. The number of benzene rings is 1. The minimum Gasteiger partial charge on any atom is -0.321 e. The van der Waals surface area contributed by atoms with Gasteiger partial charge in [-0.05, 0) is 36.6 Å². The van der Waals surface area contributed by atoms with Crippen LogP contribution in [0.2, 0.25) is 5.02 Å². The van der Waals surface area contributed by atoms with Crippen LogP contribution in [-0.4, -0.2) is 0 Å².